The zero-order valence-corrected chi connectivity index (χ0v) is 17.7. The van der Waals surface area contributed by atoms with Gasteiger partial charge >= 0.3 is 0 Å². The van der Waals surface area contributed by atoms with Crippen molar-refractivity contribution in [3.63, 3.8) is 0 Å². The van der Waals surface area contributed by atoms with Gasteiger partial charge in [0.15, 0.2) is 11.5 Å². The molecule has 6 nitrogen and oxygen atoms in total. The predicted octanol–water partition coefficient (Wildman–Crippen LogP) is 3.75. The summed E-state index contributed by atoms with van der Waals surface area (Å²) >= 11 is 0. The normalized spacial score (nSPS) is 19.9. The second kappa shape index (κ2) is 8.01. The first-order valence-corrected chi connectivity index (χ1v) is 10.5. The molecule has 1 saturated heterocycles. The summed E-state index contributed by atoms with van der Waals surface area (Å²) < 4.78 is 11.1. The molecule has 0 radical (unpaired) electrons. The van der Waals surface area contributed by atoms with E-state index in [1.807, 2.05) is 19.1 Å². The number of carbonyl (C=O) groups excluding carboxylic acids is 2. The van der Waals surface area contributed by atoms with E-state index in [-0.39, 0.29) is 11.8 Å². The van der Waals surface area contributed by atoms with Crippen molar-refractivity contribution in [3.8, 4) is 11.5 Å². The first-order chi connectivity index (χ1) is 14.4. The average molecular weight is 408 g/mol. The van der Waals surface area contributed by atoms with Crippen molar-refractivity contribution in [1.82, 2.24) is 4.90 Å². The van der Waals surface area contributed by atoms with Crippen molar-refractivity contribution in [1.29, 1.82) is 0 Å². The van der Waals surface area contributed by atoms with Gasteiger partial charge in [-0.3, -0.25) is 9.59 Å². The highest BCUT2D eigenvalue weighted by atomic mass is 16.6. The molecule has 0 spiro atoms. The number of carbonyl (C=O) groups is 2. The number of nitrogens with zero attached hydrogens (tertiary/aromatic N) is 1. The van der Waals surface area contributed by atoms with Gasteiger partial charge in [-0.25, -0.2) is 0 Å². The number of benzene rings is 2. The van der Waals surface area contributed by atoms with Crippen molar-refractivity contribution in [2.45, 2.75) is 45.1 Å². The Bertz CT molecular complexity index is 954. The lowest BCUT2D eigenvalue weighted by atomic mass is 9.84. The Hall–Kier alpha value is -3.02. The van der Waals surface area contributed by atoms with Crippen LogP contribution in [0.3, 0.4) is 0 Å². The highest BCUT2D eigenvalue weighted by Gasteiger charge is 2.49. The molecule has 2 aliphatic rings. The Balaban J connectivity index is 1.41. The molecular weight excluding hydrogens is 380 g/mol. The Morgan fingerprint density at radius 1 is 1.07 bits per heavy atom. The molecule has 2 aliphatic heterocycles. The van der Waals surface area contributed by atoms with Gasteiger partial charge in [0.2, 0.25) is 11.8 Å². The first-order valence-electron chi connectivity index (χ1n) is 10.5. The van der Waals surface area contributed by atoms with E-state index in [0.29, 0.717) is 55.7 Å². The maximum Gasteiger partial charge on any atom is 0.250 e. The monoisotopic (exact) mass is 408 g/mol. The Morgan fingerprint density at radius 3 is 2.40 bits per heavy atom. The summed E-state index contributed by atoms with van der Waals surface area (Å²) in [4.78, 5) is 27.6. The minimum absolute atomic E-state index is 0.0293. The van der Waals surface area contributed by atoms with Gasteiger partial charge < -0.3 is 19.7 Å². The summed E-state index contributed by atoms with van der Waals surface area (Å²) in [6, 6.07) is 13.5. The number of amides is 2. The minimum Gasteiger partial charge on any atom is -0.486 e. The number of fused-ring (bicyclic) bond motifs is 1. The molecule has 0 aromatic heterocycles. The molecule has 0 saturated carbocycles. The number of hydrogen-bond donors (Lipinski definition) is 1. The minimum atomic E-state index is -0.845. The largest absolute Gasteiger partial charge is 0.486 e. The van der Waals surface area contributed by atoms with Crippen LogP contribution in [-0.4, -0.2) is 42.0 Å². The molecule has 2 amide bonds. The van der Waals surface area contributed by atoms with Gasteiger partial charge in [0.25, 0.3) is 0 Å². The summed E-state index contributed by atoms with van der Waals surface area (Å²) in [6.07, 6.45) is 0.937. The summed E-state index contributed by atoms with van der Waals surface area (Å²) in [5.74, 6) is 1.54. The molecule has 30 heavy (non-hydrogen) atoms. The second-order valence-electron chi connectivity index (χ2n) is 8.45. The second-order valence-corrected chi connectivity index (χ2v) is 8.45. The molecule has 2 aromatic rings. The zero-order chi connectivity index (χ0) is 21.3. The average Bonchev–Trinajstić information content (AvgIpc) is 2.72. The maximum absolute atomic E-state index is 13.0. The fraction of sp³-hybridized carbons (Fsp3) is 0.417. The Labute approximate surface area is 177 Å². The lowest BCUT2D eigenvalue weighted by molar-refractivity contribution is -0.154. The van der Waals surface area contributed by atoms with Gasteiger partial charge in [-0.15, -0.1) is 0 Å². The van der Waals surface area contributed by atoms with Gasteiger partial charge in [-0.05, 0) is 42.5 Å². The molecule has 2 aromatic carbocycles. The van der Waals surface area contributed by atoms with Crippen LogP contribution in [0.5, 0.6) is 11.5 Å². The molecular formula is C24H28N2O4. The van der Waals surface area contributed by atoms with E-state index < -0.39 is 5.54 Å². The van der Waals surface area contributed by atoms with E-state index in [1.54, 1.807) is 23.1 Å². The van der Waals surface area contributed by atoms with Gasteiger partial charge in [-0.2, -0.15) is 0 Å². The van der Waals surface area contributed by atoms with Crippen LogP contribution < -0.4 is 14.8 Å². The van der Waals surface area contributed by atoms with Crippen molar-refractivity contribution in [3.05, 3.63) is 53.6 Å². The molecule has 6 heteroatoms. The molecule has 1 unspecified atom stereocenters. The third kappa shape index (κ3) is 3.86. The standard InChI is InChI=1S/C24H28N2O4/c1-16(2)18-6-4-17(5-7-18)14-22(27)26-11-10-24(26,3)23(28)25-19-8-9-20-21(15-19)30-13-12-29-20/h4-9,15-16H,10-14H2,1-3H3,(H,25,28). The summed E-state index contributed by atoms with van der Waals surface area (Å²) in [6.45, 7) is 7.71. The van der Waals surface area contributed by atoms with Crippen LogP contribution in [0.25, 0.3) is 0 Å². The van der Waals surface area contributed by atoms with E-state index in [0.717, 1.165) is 5.56 Å². The molecule has 158 valence electrons. The zero-order valence-electron chi connectivity index (χ0n) is 17.7. The quantitative estimate of drug-likeness (QED) is 0.818. The molecule has 1 atom stereocenters. The third-order valence-electron chi connectivity index (χ3n) is 6.01. The first kappa shape index (κ1) is 20.3. The van der Waals surface area contributed by atoms with Gasteiger partial charge in [0.1, 0.15) is 18.8 Å². The lowest BCUT2D eigenvalue weighted by Crippen LogP contribution is -2.66. The molecule has 0 bridgehead atoms. The van der Waals surface area contributed by atoms with Crippen LogP contribution in [0, 0.1) is 0 Å². The van der Waals surface area contributed by atoms with Crippen LogP contribution in [0.2, 0.25) is 0 Å². The molecule has 1 fully saturated rings. The van der Waals surface area contributed by atoms with Crippen molar-refractivity contribution >= 4 is 17.5 Å². The smallest absolute Gasteiger partial charge is 0.250 e. The van der Waals surface area contributed by atoms with E-state index in [4.69, 9.17) is 9.47 Å². The fourth-order valence-corrected chi connectivity index (χ4v) is 3.87. The number of anilines is 1. The van der Waals surface area contributed by atoms with Crippen LogP contribution >= 0.6 is 0 Å². The van der Waals surface area contributed by atoms with Gasteiger partial charge in [0, 0.05) is 18.3 Å². The van der Waals surface area contributed by atoms with Crippen LogP contribution in [0.1, 0.15) is 44.2 Å². The maximum atomic E-state index is 13.0. The Morgan fingerprint density at radius 2 is 1.77 bits per heavy atom. The highest BCUT2D eigenvalue weighted by Crippen LogP contribution is 2.35. The van der Waals surface area contributed by atoms with Crippen molar-refractivity contribution < 1.29 is 19.1 Å². The van der Waals surface area contributed by atoms with Crippen LogP contribution in [-0.2, 0) is 16.0 Å². The van der Waals surface area contributed by atoms with Crippen LogP contribution in [0.4, 0.5) is 5.69 Å². The number of ether oxygens (including phenoxy) is 2. The van der Waals surface area contributed by atoms with Crippen LogP contribution in [0.15, 0.2) is 42.5 Å². The summed E-state index contributed by atoms with van der Waals surface area (Å²) in [5, 5.41) is 2.93. The Kier molecular flexibility index (Phi) is 5.41. The van der Waals surface area contributed by atoms with Gasteiger partial charge in [-0.1, -0.05) is 38.1 Å². The number of hydrogen-bond acceptors (Lipinski definition) is 4. The topological polar surface area (TPSA) is 67.9 Å². The van der Waals surface area contributed by atoms with E-state index in [9.17, 15) is 9.59 Å². The lowest BCUT2D eigenvalue weighted by Gasteiger charge is -2.49. The molecule has 1 N–H and O–H groups in total. The predicted molar refractivity (Wildman–Crippen MR) is 115 cm³/mol. The van der Waals surface area contributed by atoms with Crippen molar-refractivity contribution in [2.24, 2.45) is 0 Å². The fourth-order valence-electron chi connectivity index (χ4n) is 3.87. The van der Waals surface area contributed by atoms with E-state index >= 15 is 0 Å². The number of likely N-dealkylation sites (tertiary alicyclic amines) is 1. The summed E-state index contributed by atoms with van der Waals surface area (Å²) in [5.41, 5.74) is 2.00. The molecule has 2 heterocycles. The van der Waals surface area contributed by atoms with Crippen molar-refractivity contribution in [2.75, 3.05) is 25.1 Å². The summed E-state index contributed by atoms with van der Waals surface area (Å²) in [7, 11) is 0. The molecule has 4 rings (SSSR count). The highest BCUT2D eigenvalue weighted by molar-refractivity contribution is 6.01. The van der Waals surface area contributed by atoms with E-state index in [1.165, 1.54) is 5.56 Å². The molecule has 0 aliphatic carbocycles. The third-order valence-corrected chi connectivity index (χ3v) is 6.01. The number of rotatable bonds is 5. The van der Waals surface area contributed by atoms with E-state index in [2.05, 4.69) is 31.3 Å². The van der Waals surface area contributed by atoms with Gasteiger partial charge in [0.05, 0.1) is 6.42 Å². The number of nitrogens with one attached hydrogen (secondary N) is 1. The SMILES string of the molecule is CC(C)c1ccc(CC(=O)N2CCC2(C)C(=O)Nc2ccc3c(c2)OCCO3)cc1.